The van der Waals surface area contributed by atoms with E-state index >= 15 is 0 Å². The van der Waals surface area contributed by atoms with Crippen LogP contribution in [-0.4, -0.2) is 22.8 Å². The Morgan fingerprint density at radius 3 is 2.81 bits per heavy atom. The van der Waals surface area contributed by atoms with E-state index in [-0.39, 0.29) is 6.04 Å². The normalized spacial score (nSPS) is 12.3. The second-order valence-corrected chi connectivity index (χ2v) is 5.35. The lowest BCUT2D eigenvalue weighted by Gasteiger charge is -2.16. The molecule has 0 aliphatic heterocycles. The van der Waals surface area contributed by atoms with Gasteiger partial charge in [-0.05, 0) is 38.0 Å². The highest BCUT2D eigenvalue weighted by atomic mass is 35.5. The van der Waals surface area contributed by atoms with Crippen LogP contribution in [0.1, 0.15) is 31.9 Å². The summed E-state index contributed by atoms with van der Waals surface area (Å²) in [5.41, 5.74) is 1.18. The maximum atomic E-state index is 5.92. The zero-order chi connectivity index (χ0) is 15.1. The summed E-state index contributed by atoms with van der Waals surface area (Å²) in [5, 5.41) is 4.19. The third-order valence-electron chi connectivity index (χ3n) is 3.32. The molecule has 0 saturated heterocycles. The van der Waals surface area contributed by atoms with Gasteiger partial charge in [0.2, 0.25) is 5.95 Å². The minimum absolute atomic E-state index is 0.176. The summed E-state index contributed by atoms with van der Waals surface area (Å²) in [4.78, 5) is 4.38. The lowest BCUT2D eigenvalue weighted by Crippen LogP contribution is -2.12. The number of ether oxygens (including phenoxy) is 1. The van der Waals surface area contributed by atoms with Crippen molar-refractivity contribution in [2.24, 2.45) is 0 Å². The molecule has 0 amide bonds. The molecule has 1 unspecified atom stereocenters. The maximum Gasteiger partial charge on any atom is 0.203 e. The van der Waals surface area contributed by atoms with Gasteiger partial charge in [-0.15, -0.1) is 0 Å². The van der Waals surface area contributed by atoms with E-state index in [0.29, 0.717) is 0 Å². The van der Waals surface area contributed by atoms with E-state index in [1.165, 1.54) is 5.56 Å². The Hall–Kier alpha value is -1.52. The molecule has 5 heteroatoms. The lowest BCUT2D eigenvalue weighted by molar-refractivity contribution is 0.142. The van der Waals surface area contributed by atoms with E-state index in [4.69, 9.17) is 16.3 Å². The standard InChI is InChI=1S/C16H22ClN3O/c1-3-21-12-4-10-20-11-9-18-16(20)19-13(2)14-5-7-15(17)8-6-14/h5-9,11,13H,3-4,10,12H2,1-2H3,(H,18,19). The summed E-state index contributed by atoms with van der Waals surface area (Å²) in [5.74, 6) is 0.883. The van der Waals surface area contributed by atoms with Gasteiger partial charge in [0, 0.05) is 37.2 Å². The molecule has 4 nitrogen and oxygen atoms in total. The van der Waals surface area contributed by atoms with E-state index in [9.17, 15) is 0 Å². The fourth-order valence-electron chi connectivity index (χ4n) is 2.14. The molecule has 0 aliphatic rings. The second-order valence-electron chi connectivity index (χ2n) is 4.91. The van der Waals surface area contributed by atoms with Crippen LogP contribution in [-0.2, 0) is 11.3 Å². The Morgan fingerprint density at radius 2 is 2.10 bits per heavy atom. The molecule has 0 saturated carbocycles. The Labute approximate surface area is 131 Å². The molecular formula is C16H22ClN3O. The van der Waals surface area contributed by atoms with Gasteiger partial charge >= 0.3 is 0 Å². The number of aromatic nitrogens is 2. The molecule has 21 heavy (non-hydrogen) atoms. The van der Waals surface area contributed by atoms with Crippen molar-refractivity contribution < 1.29 is 4.74 Å². The van der Waals surface area contributed by atoms with Gasteiger partial charge in [0.25, 0.3) is 0 Å². The molecule has 0 bridgehead atoms. The van der Waals surface area contributed by atoms with Gasteiger partial charge < -0.3 is 14.6 Å². The highest BCUT2D eigenvalue weighted by Crippen LogP contribution is 2.20. The van der Waals surface area contributed by atoms with Crippen molar-refractivity contribution >= 4 is 17.5 Å². The van der Waals surface area contributed by atoms with Crippen molar-refractivity contribution in [1.82, 2.24) is 9.55 Å². The summed E-state index contributed by atoms with van der Waals surface area (Å²) in [6.07, 6.45) is 4.79. The molecule has 1 N–H and O–H groups in total. The third-order valence-corrected chi connectivity index (χ3v) is 3.57. The van der Waals surface area contributed by atoms with Gasteiger partial charge in [-0.1, -0.05) is 23.7 Å². The predicted molar refractivity (Wildman–Crippen MR) is 86.8 cm³/mol. The van der Waals surface area contributed by atoms with Crippen molar-refractivity contribution in [3.8, 4) is 0 Å². The van der Waals surface area contributed by atoms with Crippen LogP contribution < -0.4 is 5.32 Å². The number of anilines is 1. The Balaban J connectivity index is 1.93. The first kappa shape index (κ1) is 15.9. The van der Waals surface area contributed by atoms with E-state index in [1.807, 2.05) is 43.6 Å². The SMILES string of the molecule is CCOCCCn1ccnc1NC(C)c1ccc(Cl)cc1. The summed E-state index contributed by atoms with van der Waals surface area (Å²) in [6, 6.07) is 8.05. The summed E-state index contributed by atoms with van der Waals surface area (Å²) in [7, 11) is 0. The number of nitrogens with one attached hydrogen (secondary N) is 1. The summed E-state index contributed by atoms with van der Waals surface area (Å²) >= 11 is 5.92. The van der Waals surface area contributed by atoms with Gasteiger partial charge in [0.1, 0.15) is 0 Å². The van der Waals surface area contributed by atoms with Crippen LogP contribution in [0.15, 0.2) is 36.7 Å². The fourth-order valence-corrected chi connectivity index (χ4v) is 2.27. The monoisotopic (exact) mass is 307 g/mol. The van der Waals surface area contributed by atoms with Crippen molar-refractivity contribution in [3.05, 3.63) is 47.2 Å². The highest BCUT2D eigenvalue weighted by molar-refractivity contribution is 6.30. The molecule has 0 radical (unpaired) electrons. The van der Waals surface area contributed by atoms with Crippen LogP contribution in [0, 0.1) is 0 Å². The Bertz CT molecular complexity index is 539. The van der Waals surface area contributed by atoms with Crippen LogP contribution >= 0.6 is 11.6 Å². The largest absolute Gasteiger partial charge is 0.382 e. The first-order valence-corrected chi connectivity index (χ1v) is 7.69. The van der Waals surface area contributed by atoms with E-state index in [0.717, 1.165) is 37.2 Å². The number of nitrogens with zero attached hydrogens (tertiary/aromatic N) is 2. The smallest absolute Gasteiger partial charge is 0.203 e. The lowest BCUT2D eigenvalue weighted by atomic mass is 10.1. The number of imidazole rings is 1. The molecule has 2 rings (SSSR count). The Kier molecular flexibility index (Phi) is 6.08. The van der Waals surface area contributed by atoms with Crippen LogP contribution in [0.3, 0.4) is 0 Å². The molecule has 1 heterocycles. The van der Waals surface area contributed by atoms with Crippen molar-refractivity contribution in [2.75, 3.05) is 18.5 Å². The molecule has 0 aliphatic carbocycles. The molecule has 1 aromatic heterocycles. The predicted octanol–water partition coefficient (Wildman–Crippen LogP) is 4.14. The second kappa shape index (κ2) is 8.05. The summed E-state index contributed by atoms with van der Waals surface area (Å²) in [6.45, 7) is 6.57. The first-order chi connectivity index (χ1) is 10.2. The molecule has 114 valence electrons. The molecule has 2 aromatic rings. The number of hydrogen-bond acceptors (Lipinski definition) is 3. The van der Waals surface area contributed by atoms with Crippen LogP contribution in [0.25, 0.3) is 0 Å². The van der Waals surface area contributed by atoms with Gasteiger partial charge in [-0.2, -0.15) is 0 Å². The quantitative estimate of drug-likeness (QED) is 0.745. The van der Waals surface area contributed by atoms with E-state index in [1.54, 1.807) is 0 Å². The van der Waals surface area contributed by atoms with Crippen LogP contribution in [0.5, 0.6) is 0 Å². The van der Waals surface area contributed by atoms with Gasteiger partial charge in [-0.25, -0.2) is 4.98 Å². The number of benzene rings is 1. The number of hydrogen-bond donors (Lipinski definition) is 1. The third kappa shape index (κ3) is 4.76. The number of halogens is 1. The number of rotatable bonds is 8. The van der Waals surface area contributed by atoms with E-state index in [2.05, 4.69) is 21.8 Å². The average Bonchev–Trinajstić information content (AvgIpc) is 2.91. The summed E-state index contributed by atoms with van der Waals surface area (Å²) < 4.78 is 7.48. The van der Waals surface area contributed by atoms with Gasteiger partial charge in [-0.3, -0.25) is 0 Å². The molecular weight excluding hydrogens is 286 g/mol. The molecule has 0 fully saturated rings. The van der Waals surface area contributed by atoms with Gasteiger partial charge in [0.15, 0.2) is 0 Å². The molecule has 1 atom stereocenters. The average molecular weight is 308 g/mol. The fraction of sp³-hybridized carbons (Fsp3) is 0.438. The van der Waals surface area contributed by atoms with Crippen molar-refractivity contribution in [1.29, 1.82) is 0 Å². The van der Waals surface area contributed by atoms with Gasteiger partial charge in [0.05, 0.1) is 6.04 Å². The van der Waals surface area contributed by atoms with Crippen LogP contribution in [0.4, 0.5) is 5.95 Å². The molecule has 0 spiro atoms. The minimum atomic E-state index is 0.176. The first-order valence-electron chi connectivity index (χ1n) is 7.31. The Morgan fingerprint density at radius 1 is 1.33 bits per heavy atom. The zero-order valence-electron chi connectivity index (χ0n) is 12.6. The van der Waals surface area contributed by atoms with E-state index < -0.39 is 0 Å². The topological polar surface area (TPSA) is 39.1 Å². The van der Waals surface area contributed by atoms with Crippen LogP contribution in [0.2, 0.25) is 5.02 Å². The minimum Gasteiger partial charge on any atom is -0.382 e. The zero-order valence-corrected chi connectivity index (χ0v) is 13.3. The van der Waals surface area contributed by atoms with Crippen molar-refractivity contribution in [3.63, 3.8) is 0 Å². The molecule has 1 aromatic carbocycles. The number of aryl methyl sites for hydroxylation is 1. The van der Waals surface area contributed by atoms with Crippen molar-refractivity contribution in [2.45, 2.75) is 32.9 Å². The highest BCUT2D eigenvalue weighted by Gasteiger charge is 2.09. The maximum absolute atomic E-state index is 5.92.